The van der Waals surface area contributed by atoms with E-state index in [0.29, 0.717) is 11.5 Å². The van der Waals surface area contributed by atoms with Gasteiger partial charge in [-0.05, 0) is 17.0 Å². The topological polar surface area (TPSA) is 0 Å². The lowest BCUT2D eigenvalue weighted by Gasteiger charge is -2.18. The molecule has 0 aliphatic rings. The molecule has 0 heterocycles. The molecule has 92 valence electrons. The average Bonchev–Trinajstić information content (AvgIpc) is 2.18. The number of benzene rings is 1. The first kappa shape index (κ1) is 16.3. The van der Waals surface area contributed by atoms with Gasteiger partial charge in [-0.3, -0.25) is 0 Å². The third-order valence-corrected chi connectivity index (χ3v) is 5.25. The highest BCUT2D eigenvalue weighted by atomic mass is 35.8. The quantitative estimate of drug-likeness (QED) is 0.464. The molecule has 0 atom stereocenters. The number of hydrogen-bond donors (Lipinski definition) is 0. The molecule has 0 fully saturated rings. The Morgan fingerprint density at radius 1 is 1.00 bits per heavy atom. The summed E-state index contributed by atoms with van der Waals surface area (Å²) in [6, 6.07) is 9.04. The van der Waals surface area contributed by atoms with Gasteiger partial charge < -0.3 is 0 Å². The van der Waals surface area contributed by atoms with Crippen LogP contribution in [0, 0.1) is 0 Å². The Balaban J connectivity index is 0.000000325. The van der Waals surface area contributed by atoms with Crippen LogP contribution in [0.1, 0.15) is 33.3 Å². The largest absolute Gasteiger partial charge is 0.341 e. The summed E-state index contributed by atoms with van der Waals surface area (Å²) in [6.45, 7) is 8.55. The van der Waals surface area contributed by atoms with Crippen LogP contribution in [0.15, 0.2) is 30.3 Å². The fourth-order valence-electron chi connectivity index (χ4n) is 0.938. The minimum atomic E-state index is -2.21. The molecule has 0 unspecified atom stereocenters. The fourth-order valence-corrected chi connectivity index (χ4v) is 0.938. The molecular weight excluding hydrogens is 279 g/mol. The van der Waals surface area contributed by atoms with Crippen molar-refractivity contribution in [2.45, 2.75) is 39.2 Å². The van der Waals surface area contributed by atoms with E-state index in [1.165, 1.54) is 5.56 Å². The zero-order valence-electron chi connectivity index (χ0n) is 10.2. The van der Waals surface area contributed by atoms with E-state index >= 15 is 0 Å². The Hall–Kier alpha value is 0.307. The Bertz CT molecular complexity index is 285. The van der Waals surface area contributed by atoms with Crippen LogP contribution in [0.4, 0.5) is 0 Å². The van der Waals surface area contributed by atoms with Crippen molar-refractivity contribution in [1.29, 1.82) is 0 Å². The molecule has 1 aromatic rings. The Morgan fingerprint density at radius 2 is 1.38 bits per heavy atom. The molecule has 0 spiro atoms. The molecule has 1 aromatic carbocycles. The minimum Gasteiger partial charge on any atom is -0.126 e. The highest BCUT2D eigenvalue weighted by Gasteiger charge is 2.20. The summed E-state index contributed by atoms with van der Waals surface area (Å²) in [5, 5.41) is 0. The van der Waals surface area contributed by atoms with E-state index < -0.39 is 6.00 Å². The molecule has 0 nitrogen and oxygen atoms in total. The maximum Gasteiger partial charge on any atom is 0.341 e. The van der Waals surface area contributed by atoms with Gasteiger partial charge in [0.15, 0.2) is 0 Å². The Morgan fingerprint density at radius 3 is 1.56 bits per heavy atom. The van der Waals surface area contributed by atoms with Crippen molar-refractivity contribution in [3.8, 4) is 0 Å². The van der Waals surface area contributed by atoms with Crippen LogP contribution in [0.5, 0.6) is 0 Å². The van der Waals surface area contributed by atoms with Crippen molar-refractivity contribution in [3.05, 3.63) is 35.9 Å². The third kappa shape index (κ3) is 8.46. The monoisotopic (exact) mass is 296 g/mol. The van der Waals surface area contributed by atoms with Gasteiger partial charge in [0.1, 0.15) is 0 Å². The molecule has 1 rings (SSSR count). The molecule has 0 radical (unpaired) electrons. The minimum absolute atomic E-state index is 0.293. The summed E-state index contributed by atoms with van der Waals surface area (Å²) >= 11 is 16.2. The first-order valence-electron chi connectivity index (χ1n) is 5.29. The average molecular weight is 298 g/mol. The molecule has 0 amide bonds. The summed E-state index contributed by atoms with van der Waals surface area (Å²) in [5.74, 6) is 0. The van der Waals surface area contributed by atoms with Gasteiger partial charge in [0.05, 0.1) is 0 Å². The van der Waals surface area contributed by atoms with Crippen molar-refractivity contribution in [1.82, 2.24) is 0 Å². The molecule has 16 heavy (non-hydrogen) atoms. The predicted octanol–water partition coefficient (Wildman–Crippen LogP) is 5.65. The molecule has 0 aromatic heterocycles. The molecule has 0 aliphatic heterocycles. The second-order valence-electron chi connectivity index (χ2n) is 4.58. The van der Waals surface area contributed by atoms with Gasteiger partial charge in [-0.2, -0.15) is 0 Å². The number of hydrogen-bond acceptors (Lipinski definition) is 0. The van der Waals surface area contributed by atoms with E-state index in [4.69, 9.17) is 33.2 Å². The van der Waals surface area contributed by atoms with Crippen molar-refractivity contribution in [2.75, 3.05) is 0 Å². The van der Waals surface area contributed by atoms with Crippen molar-refractivity contribution in [3.63, 3.8) is 0 Å². The molecule has 0 saturated carbocycles. The van der Waals surface area contributed by atoms with Crippen molar-refractivity contribution < 1.29 is 0 Å². The van der Waals surface area contributed by atoms with Crippen LogP contribution in [-0.2, 0) is 5.41 Å². The van der Waals surface area contributed by atoms with Crippen LogP contribution in [0.2, 0.25) is 6.04 Å². The van der Waals surface area contributed by atoms with Gasteiger partial charge in [-0.25, -0.2) is 0 Å². The standard InChI is InChI=1S/C10H14.C2H5Cl3Si/c1-10(2,3)9-7-5-4-6-8-9;1-2-6(3,4)5/h4-8H,1-3H3;2H2,1H3. The van der Waals surface area contributed by atoms with Gasteiger partial charge in [0.2, 0.25) is 0 Å². The predicted molar refractivity (Wildman–Crippen MR) is 78.9 cm³/mol. The lowest BCUT2D eigenvalue weighted by atomic mass is 9.87. The van der Waals surface area contributed by atoms with Gasteiger partial charge in [-0.1, -0.05) is 58.0 Å². The maximum atomic E-state index is 5.39. The summed E-state index contributed by atoms with van der Waals surface area (Å²) in [7, 11) is 0. The van der Waals surface area contributed by atoms with Gasteiger partial charge >= 0.3 is 6.00 Å². The number of halogens is 3. The summed E-state index contributed by atoms with van der Waals surface area (Å²) < 4.78 is 0. The Labute approximate surface area is 114 Å². The number of rotatable bonds is 1. The SMILES string of the molecule is CC(C)(C)c1ccccc1.CC[Si](Cl)(Cl)Cl. The smallest absolute Gasteiger partial charge is 0.126 e. The normalized spacial score (nSPS) is 11.7. The molecular formula is C12H19Cl3Si. The molecule has 0 N–H and O–H groups in total. The van der Waals surface area contributed by atoms with Crippen LogP contribution >= 0.6 is 33.2 Å². The van der Waals surface area contributed by atoms with Crippen molar-refractivity contribution in [2.24, 2.45) is 0 Å². The van der Waals surface area contributed by atoms with E-state index in [1.807, 2.05) is 6.92 Å². The third-order valence-electron chi connectivity index (χ3n) is 2.04. The zero-order chi connectivity index (χ0) is 12.8. The van der Waals surface area contributed by atoms with Crippen LogP contribution in [0.25, 0.3) is 0 Å². The van der Waals surface area contributed by atoms with E-state index in [0.717, 1.165) is 0 Å². The fraction of sp³-hybridized carbons (Fsp3) is 0.500. The van der Waals surface area contributed by atoms with Crippen LogP contribution in [0.3, 0.4) is 0 Å². The highest BCUT2D eigenvalue weighted by molar-refractivity contribution is 7.64. The van der Waals surface area contributed by atoms with Crippen LogP contribution < -0.4 is 0 Å². The Kier molecular flexibility index (Phi) is 7.03. The molecule has 0 bridgehead atoms. The van der Waals surface area contributed by atoms with E-state index in [9.17, 15) is 0 Å². The second-order valence-corrected chi connectivity index (χ2v) is 14.1. The zero-order valence-corrected chi connectivity index (χ0v) is 13.5. The lowest BCUT2D eigenvalue weighted by Crippen LogP contribution is -2.10. The summed E-state index contributed by atoms with van der Waals surface area (Å²) in [6.07, 6.45) is 0. The van der Waals surface area contributed by atoms with E-state index in [2.05, 4.69) is 51.1 Å². The lowest BCUT2D eigenvalue weighted by molar-refractivity contribution is 0.590. The summed E-state index contributed by atoms with van der Waals surface area (Å²) in [5.41, 5.74) is 1.69. The van der Waals surface area contributed by atoms with Gasteiger partial charge in [0.25, 0.3) is 0 Å². The molecule has 0 aliphatic carbocycles. The second kappa shape index (κ2) is 6.90. The van der Waals surface area contributed by atoms with Crippen molar-refractivity contribution >= 4 is 39.2 Å². The van der Waals surface area contributed by atoms with Crippen LogP contribution in [-0.4, -0.2) is 6.00 Å². The molecule has 0 saturated heterocycles. The summed E-state index contributed by atoms with van der Waals surface area (Å²) in [4.78, 5) is 0. The van der Waals surface area contributed by atoms with Gasteiger partial charge in [-0.15, -0.1) is 33.2 Å². The maximum absolute atomic E-state index is 5.39. The molecule has 4 heteroatoms. The van der Waals surface area contributed by atoms with E-state index in [-0.39, 0.29) is 0 Å². The highest BCUT2D eigenvalue weighted by Crippen LogP contribution is 2.23. The first-order valence-corrected chi connectivity index (χ1v) is 10.5. The first-order chi connectivity index (χ1) is 7.17. The van der Waals surface area contributed by atoms with Gasteiger partial charge in [0, 0.05) is 0 Å². The van der Waals surface area contributed by atoms with E-state index in [1.54, 1.807) is 0 Å².